The highest BCUT2D eigenvalue weighted by atomic mass is 16.2. The van der Waals surface area contributed by atoms with E-state index in [9.17, 15) is 9.59 Å². The van der Waals surface area contributed by atoms with E-state index in [0.717, 1.165) is 74.5 Å². The minimum absolute atomic E-state index is 0.0734. The first-order valence-corrected chi connectivity index (χ1v) is 12.2. The minimum atomic E-state index is 0.0734. The van der Waals surface area contributed by atoms with Crippen LogP contribution in [0, 0.1) is 11.8 Å². The zero-order valence-corrected chi connectivity index (χ0v) is 18.5. The molecule has 0 spiro atoms. The summed E-state index contributed by atoms with van der Waals surface area (Å²) in [5, 5.41) is 3.37. The summed E-state index contributed by atoms with van der Waals surface area (Å²) in [7, 11) is 0. The predicted octanol–water partition coefficient (Wildman–Crippen LogP) is 2.69. The molecule has 3 fully saturated rings. The molecule has 0 radical (unpaired) electrons. The first-order valence-electron chi connectivity index (χ1n) is 12.2. The largest absolute Gasteiger partial charge is 0.342 e. The van der Waals surface area contributed by atoms with Crippen LogP contribution in [-0.2, 0) is 17.8 Å². The minimum Gasteiger partial charge on any atom is -0.342 e. The topological polar surface area (TPSA) is 73.7 Å². The average molecular weight is 424 g/mol. The summed E-state index contributed by atoms with van der Waals surface area (Å²) in [5.74, 6) is 1.53. The zero-order chi connectivity index (χ0) is 21.1. The number of fused-ring (bicyclic) bond motifs is 2. The Morgan fingerprint density at radius 1 is 1.13 bits per heavy atom. The maximum Gasteiger partial charge on any atom is 0.277 e. The fourth-order valence-corrected chi connectivity index (χ4v) is 6.12. The van der Waals surface area contributed by atoms with Crippen molar-refractivity contribution in [1.29, 1.82) is 0 Å². The van der Waals surface area contributed by atoms with E-state index in [1.165, 1.54) is 25.7 Å². The molecule has 2 atom stereocenters. The Kier molecular flexibility index (Phi) is 4.70. The van der Waals surface area contributed by atoms with Crippen LogP contribution in [0.25, 0.3) is 5.65 Å². The van der Waals surface area contributed by atoms with Gasteiger partial charge < -0.3 is 4.90 Å². The Morgan fingerprint density at radius 2 is 1.87 bits per heavy atom. The number of nitrogens with one attached hydrogen (secondary N) is 1. The van der Waals surface area contributed by atoms with Crippen molar-refractivity contribution in [2.75, 3.05) is 19.6 Å². The summed E-state index contributed by atoms with van der Waals surface area (Å²) in [5.41, 5.74) is 3.78. The number of aromatic amines is 1. The van der Waals surface area contributed by atoms with Crippen molar-refractivity contribution in [3.05, 3.63) is 33.4 Å². The summed E-state index contributed by atoms with van der Waals surface area (Å²) in [6.07, 6.45) is 8.98. The number of piperidine rings is 1. The number of nitrogens with zero attached hydrogens (tertiary/aromatic N) is 4. The lowest BCUT2D eigenvalue weighted by Crippen LogP contribution is -2.41. The fraction of sp³-hybridized carbons (Fsp3) is 0.708. The van der Waals surface area contributed by atoms with E-state index in [4.69, 9.17) is 4.98 Å². The number of likely N-dealkylation sites (tertiary alicyclic amines) is 1. The highest BCUT2D eigenvalue weighted by Crippen LogP contribution is 2.40. The smallest absolute Gasteiger partial charge is 0.277 e. The molecule has 0 unspecified atom stereocenters. The zero-order valence-electron chi connectivity index (χ0n) is 18.5. The Hall–Kier alpha value is -2.15. The van der Waals surface area contributed by atoms with E-state index in [0.29, 0.717) is 23.8 Å². The number of amides is 1. The molecular weight excluding hydrogens is 390 g/mol. The molecule has 7 heteroatoms. The van der Waals surface area contributed by atoms with Gasteiger partial charge in [0.15, 0.2) is 5.65 Å². The van der Waals surface area contributed by atoms with Gasteiger partial charge in [-0.3, -0.25) is 19.6 Å². The molecule has 1 amide bonds. The summed E-state index contributed by atoms with van der Waals surface area (Å²) < 4.78 is 1.66. The Morgan fingerprint density at radius 3 is 2.58 bits per heavy atom. The van der Waals surface area contributed by atoms with Gasteiger partial charge in [0.2, 0.25) is 5.91 Å². The monoisotopic (exact) mass is 423 g/mol. The van der Waals surface area contributed by atoms with Gasteiger partial charge in [-0.15, -0.1) is 0 Å². The van der Waals surface area contributed by atoms with Crippen molar-refractivity contribution in [2.45, 2.75) is 76.8 Å². The number of rotatable bonds is 3. The molecule has 4 aliphatic rings. The van der Waals surface area contributed by atoms with E-state index in [1.54, 1.807) is 4.52 Å². The first kappa shape index (κ1) is 19.5. The number of carbonyl (C=O) groups excluding carboxylic acids is 1. The third kappa shape index (κ3) is 3.41. The number of H-pyrrole nitrogens is 1. The molecule has 0 aromatic carbocycles. The molecule has 166 valence electrons. The van der Waals surface area contributed by atoms with Gasteiger partial charge in [-0.1, -0.05) is 19.8 Å². The second-order valence-electron chi connectivity index (χ2n) is 10.3. The van der Waals surface area contributed by atoms with Crippen LogP contribution in [0.5, 0.6) is 0 Å². The third-order valence-electron chi connectivity index (χ3n) is 8.32. The molecule has 7 nitrogen and oxygen atoms in total. The fourth-order valence-electron chi connectivity index (χ4n) is 6.12. The van der Waals surface area contributed by atoms with Crippen molar-refractivity contribution in [3.8, 4) is 0 Å². The molecule has 2 aromatic rings. The van der Waals surface area contributed by atoms with Crippen molar-refractivity contribution >= 4 is 11.6 Å². The Labute approximate surface area is 182 Å². The lowest BCUT2D eigenvalue weighted by molar-refractivity contribution is -0.133. The molecule has 2 aliphatic carbocycles. The molecule has 4 heterocycles. The van der Waals surface area contributed by atoms with E-state index < -0.39 is 0 Å². The van der Waals surface area contributed by atoms with Gasteiger partial charge in [-0.2, -0.15) is 0 Å². The van der Waals surface area contributed by atoms with Crippen LogP contribution < -0.4 is 5.56 Å². The molecule has 6 rings (SSSR count). The van der Waals surface area contributed by atoms with Crippen LogP contribution >= 0.6 is 0 Å². The Bertz CT molecular complexity index is 1060. The maximum atomic E-state index is 13.3. The normalized spacial score (nSPS) is 27.7. The molecular formula is C24H33N5O2. The van der Waals surface area contributed by atoms with E-state index in [1.807, 2.05) is 4.90 Å². The summed E-state index contributed by atoms with van der Waals surface area (Å²) in [4.78, 5) is 35.3. The van der Waals surface area contributed by atoms with Crippen molar-refractivity contribution in [3.63, 3.8) is 0 Å². The molecule has 2 aliphatic heterocycles. The van der Waals surface area contributed by atoms with Gasteiger partial charge >= 0.3 is 0 Å². The van der Waals surface area contributed by atoms with Crippen LogP contribution in [-0.4, -0.2) is 56.0 Å². The first-order chi connectivity index (χ1) is 15.1. The van der Waals surface area contributed by atoms with E-state index >= 15 is 0 Å². The highest BCUT2D eigenvalue weighted by molar-refractivity contribution is 5.81. The van der Waals surface area contributed by atoms with Gasteiger partial charge in [0.1, 0.15) is 0 Å². The molecule has 31 heavy (non-hydrogen) atoms. The standard InChI is InChI=1S/C24H33N5O2/c1-15-12-18(15)23(30)27-9-6-16(7-10-27)21-13-22-25-20-8-11-28(17-4-2-3-5-17)14-19(20)24(31)29(22)26-21/h13,15-18,26H,2-12,14H2,1H3/t15-,18+/m1/s1. The molecule has 2 aromatic heterocycles. The van der Waals surface area contributed by atoms with Crippen LogP contribution in [0.1, 0.15) is 74.7 Å². The predicted molar refractivity (Wildman–Crippen MR) is 118 cm³/mol. The van der Waals surface area contributed by atoms with E-state index in [2.05, 4.69) is 23.0 Å². The Balaban J connectivity index is 1.20. The van der Waals surface area contributed by atoms with Crippen LogP contribution in [0.2, 0.25) is 0 Å². The molecule has 0 bridgehead atoms. The van der Waals surface area contributed by atoms with Crippen molar-refractivity contribution in [2.24, 2.45) is 11.8 Å². The van der Waals surface area contributed by atoms with Crippen LogP contribution in [0.4, 0.5) is 0 Å². The van der Waals surface area contributed by atoms with Crippen molar-refractivity contribution < 1.29 is 4.79 Å². The second kappa shape index (κ2) is 7.47. The maximum absolute atomic E-state index is 13.3. The summed E-state index contributed by atoms with van der Waals surface area (Å²) in [6, 6.07) is 2.70. The van der Waals surface area contributed by atoms with Gasteiger partial charge in [0.05, 0.1) is 11.3 Å². The molecule has 1 N–H and O–H groups in total. The SMILES string of the molecule is C[C@@H]1C[C@@H]1C(=O)N1CCC(c2cc3nc4c(c(=O)n3[nH]2)CN(C2CCCC2)CC4)CC1. The highest BCUT2D eigenvalue weighted by Gasteiger charge is 2.42. The lowest BCUT2D eigenvalue weighted by Gasteiger charge is -2.32. The summed E-state index contributed by atoms with van der Waals surface area (Å²) in [6.45, 7) is 5.55. The average Bonchev–Trinajstić information content (AvgIpc) is 3.18. The van der Waals surface area contributed by atoms with Gasteiger partial charge in [-0.05, 0) is 38.0 Å². The van der Waals surface area contributed by atoms with Crippen LogP contribution in [0.15, 0.2) is 10.9 Å². The van der Waals surface area contributed by atoms with Gasteiger partial charge in [-0.25, -0.2) is 9.50 Å². The number of hydrogen-bond acceptors (Lipinski definition) is 4. The third-order valence-corrected chi connectivity index (χ3v) is 8.32. The van der Waals surface area contributed by atoms with Crippen molar-refractivity contribution in [1.82, 2.24) is 24.4 Å². The van der Waals surface area contributed by atoms with E-state index in [-0.39, 0.29) is 11.5 Å². The quantitative estimate of drug-likeness (QED) is 0.824. The molecule has 2 saturated carbocycles. The van der Waals surface area contributed by atoms with Crippen LogP contribution in [0.3, 0.4) is 0 Å². The number of aromatic nitrogens is 3. The number of hydrogen-bond donors (Lipinski definition) is 1. The van der Waals surface area contributed by atoms with Gasteiger partial charge in [0.25, 0.3) is 5.56 Å². The summed E-state index contributed by atoms with van der Waals surface area (Å²) >= 11 is 0. The number of carbonyl (C=O) groups is 1. The van der Waals surface area contributed by atoms with Gasteiger partial charge in [0, 0.05) is 62.2 Å². The second-order valence-corrected chi connectivity index (χ2v) is 10.3. The molecule has 1 saturated heterocycles. The lowest BCUT2D eigenvalue weighted by atomic mass is 9.93.